The summed E-state index contributed by atoms with van der Waals surface area (Å²) in [5.41, 5.74) is 3.27. The van der Waals surface area contributed by atoms with Gasteiger partial charge in [0.25, 0.3) is 5.91 Å². The minimum atomic E-state index is -3.32. The van der Waals surface area contributed by atoms with E-state index in [0.29, 0.717) is 22.8 Å². The number of thiophene rings is 1. The number of thiazole rings is 1. The third-order valence-electron chi connectivity index (χ3n) is 5.04. The summed E-state index contributed by atoms with van der Waals surface area (Å²) < 4.78 is 24.6. The molecule has 0 aliphatic rings. The number of benzene rings is 2. The van der Waals surface area contributed by atoms with Crippen LogP contribution in [0.2, 0.25) is 0 Å². The van der Waals surface area contributed by atoms with E-state index in [0.717, 1.165) is 22.2 Å². The van der Waals surface area contributed by atoms with Crippen LogP contribution in [0.1, 0.15) is 26.4 Å². The van der Waals surface area contributed by atoms with Crippen molar-refractivity contribution in [2.24, 2.45) is 0 Å². The van der Waals surface area contributed by atoms with Crippen molar-refractivity contribution < 1.29 is 13.2 Å². The topological polar surface area (TPSA) is 67.3 Å². The van der Waals surface area contributed by atoms with Crippen LogP contribution in [0, 0.1) is 13.8 Å². The molecule has 0 atom stereocenters. The molecule has 160 valence electrons. The third-order valence-corrected chi connectivity index (χ3v) is 8.13. The van der Waals surface area contributed by atoms with E-state index in [4.69, 9.17) is 0 Å². The highest BCUT2D eigenvalue weighted by molar-refractivity contribution is 7.90. The monoisotopic (exact) mass is 470 g/mol. The maximum atomic E-state index is 13.6. The van der Waals surface area contributed by atoms with E-state index in [-0.39, 0.29) is 10.8 Å². The molecule has 0 fully saturated rings. The zero-order valence-electron chi connectivity index (χ0n) is 17.5. The van der Waals surface area contributed by atoms with E-state index < -0.39 is 9.84 Å². The van der Waals surface area contributed by atoms with Crippen LogP contribution in [0.4, 0.5) is 5.13 Å². The fraction of sp³-hybridized carbons (Fsp3) is 0.217. The Labute approximate surface area is 189 Å². The Bertz CT molecular complexity index is 1360. The molecule has 0 aliphatic carbocycles. The number of amides is 1. The van der Waals surface area contributed by atoms with E-state index in [1.165, 1.54) is 22.5 Å². The van der Waals surface area contributed by atoms with Gasteiger partial charge in [-0.2, -0.15) is 0 Å². The molecule has 0 radical (unpaired) electrons. The van der Waals surface area contributed by atoms with Crippen molar-refractivity contribution >= 4 is 53.8 Å². The molecule has 4 rings (SSSR count). The van der Waals surface area contributed by atoms with E-state index in [2.05, 4.69) is 11.1 Å². The predicted octanol–water partition coefficient (Wildman–Crippen LogP) is 5.27. The average molecular weight is 471 g/mol. The van der Waals surface area contributed by atoms with Crippen LogP contribution in [-0.2, 0) is 16.3 Å². The summed E-state index contributed by atoms with van der Waals surface area (Å²) in [6.07, 6.45) is 1.91. The molecule has 0 spiro atoms. The summed E-state index contributed by atoms with van der Waals surface area (Å²) in [5, 5.41) is 2.60. The van der Waals surface area contributed by atoms with Crippen LogP contribution < -0.4 is 4.90 Å². The largest absolute Gasteiger partial charge is 0.284 e. The molecule has 1 amide bonds. The summed E-state index contributed by atoms with van der Waals surface area (Å²) in [4.78, 5) is 21.4. The predicted molar refractivity (Wildman–Crippen MR) is 128 cm³/mol. The number of aryl methyl sites for hydroxylation is 2. The van der Waals surface area contributed by atoms with Crippen LogP contribution >= 0.6 is 22.7 Å². The number of sulfone groups is 1. The molecule has 8 heteroatoms. The Hall–Kier alpha value is -2.55. The third kappa shape index (κ3) is 4.71. The van der Waals surface area contributed by atoms with Crippen LogP contribution in [-0.4, -0.2) is 32.1 Å². The maximum absolute atomic E-state index is 13.6. The number of nitrogens with zero attached hydrogens (tertiary/aromatic N) is 2. The number of fused-ring (bicyclic) bond motifs is 1. The number of hydrogen-bond acceptors (Lipinski definition) is 6. The van der Waals surface area contributed by atoms with Gasteiger partial charge >= 0.3 is 0 Å². The Morgan fingerprint density at radius 2 is 1.90 bits per heavy atom. The second kappa shape index (κ2) is 8.53. The van der Waals surface area contributed by atoms with Gasteiger partial charge in [-0.3, -0.25) is 9.69 Å². The lowest BCUT2D eigenvalue weighted by atomic mass is 10.0. The lowest BCUT2D eigenvalue weighted by Gasteiger charge is -2.21. The van der Waals surface area contributed by atoms with Gasteiger partial charge in [0.1, 0.15) is 0 Å². The van der Waals surface area contributed by atoms with Crippen LogP contribution in [0.5, 0.6) is 0 Å². The standard InChI is InChI=1S/C23H22N2O3S3/c1-15-6-7-16(2)19(13-15)22(26)25(11-10-17-5-4-12-29-17)23-24-20-9-8-18(31(3,27)28)14-21(20)30-23/h4-9,12-14H,10-11H2,1-3H3. The molecule has 2 heterocycles. The highest BCUT2D eigenvalue weighted by Crippen LogP contribution is 2.32. The molecule has 0 bridgehead atoms. The van der Waals surface area contributed by atoms with E-state index in [1.807, 2.05) is 43.5 Å². The number of aromatic nitrogens is 1. The molecule has 31 heavy (non-hydrogen) atoms. The van der Waals surface area contributed by atoms with Crippen molar-refractivity contribution in [2.45, 2.75) is 25.2 Å². The van der Waals surface area contributed by atoms with E-state index >= 15 is 0 Å². The minimum Gasteiger partial charge on any atom is -0.284 e. The van der Waals surface area contributed by atoms with Crippen LogP contribution in [0.25, 0.3) is 10.2 Å². The van der Waals surface area contributed by atoms with E-state index in [9.17, 15) is 13.2 Å². The molecule has 4 aromatic rings. The van der Waals surface area contributed by atoms with Gasteiger partial charge in [-0.05, 0) is 61.5 Å². The number of carbonyl (C=O) groups is 1. The molecular formula is C23H22N2O3S3. The number of carbonyl (C=O) groups excluding carboxylic acids is 1. The molecular weight excluding hydrogens is 448 g/mol. The lowest BCUT2D eigenvalue weighted by Crippen LogP contribution is -2.33. The zero-order valence-corrected chi connectivity index (χ0v) is 19.9. The first kappa shape index (κ1) is 21.7. The molecule has 2 aromatic heterocycles. The molecule has 5 nitrogen and oxygen atoms in total. The van der Waals surface area contributed by atoms with Gasteiger partial charge < -0.3 is 0 Å². The normalized spacial score (nSPS) is 11.7. The van der Waals surface area contributed by atoms with Crippen LogP contribution in [0.3, 0.4) is 0 Å². The molecule has 0 aliphatic heterocycles. The van der Waals surface area contributed by atoms with Gasteiger partial charge in [0.2, 0.25) is 0 Å². The Morgan fingerprint density at radius 1 is 1.10 bits per heavy atom. The fourth-order valence-electron chi connectivity index (χ4n) is 3.31. The van der Waals surface area contributed by atoms with E-state index in [1.54, 1.807) is 34.4 Å². The van der Waals surface area contributed by atoms with Gasteiger partial charge in [-0.15, -0.1) is 11.3 Å². The highest BCUT2D eigenvalue weighted by atomic mass is 32.2. The van der Waals surface area contributed by atoms with Crippen molar-refractivity contribution in [2.75, 3.05) is 17.7 Å². The SMILES string of the molecule is Cc1ccc(C)c(C(=O)N(CCc2cccs2)c2nc3ccc(S(C)(=O)=O)cc3s2)c1. The highest BCUT2D eigenvalue weighted by Gasteiger charge is 2.23. The van der Waals surface area contributed by atoms with Crippen LogP contribution in [0.15, 0.2) is 58.8 Å². The molecule has 0 saturated carbocycles. The van der Waals surface area contributed by atoms with Crippen molar-refractivity contribution in [1.29, 1.82) is 0 Å². The fourth-order valence-corrected chi connectivity index (χ4v) is 5.76. The molecule has 2 aromatic carbocycles. The van der Waals surface area contributed by atoms with Gasteiger partial charge in [-0.25, -0.2) is 13.4 Å². The first-order valence-electron chi connectivity index (χ1n) is 9.74. The second-order valence-corrected chi connectivity index (χ2v) is 11.6. The van der Waals surface area contributed by atoms with Gasteiger partial charge in [0.15, 0.2) is 15.0 Å². The smallest absolute Gasteiger partial charge is 0.260 e. The number of hydrogen-bond donors (Lipinski definition) is 0. The van der Waals surface area contributed by atoms with Crippen molar-refractivity contribution in [3.63, 3.8) is 0 Å². The van der Waals surface area contributed by atoms with Gasteiger partial charge in [0, 0.05) is 23.2 Å². The first-order chi connectivity index (χ1) is 14.7. The van der Waals surface area contributed by atoms with Gasteiger partial charge in [-0.1, -0.05) is 35.1 Å². The summed E-state index contributed by atoms with van der Waals surface area (Å²) in [5.74, 6) is -0.0971. The zero-order chi connectivity index (χ0) is 22.2. The van der Waals surface area contributed by atoms with Crippen molar-refractivity contribution in [3.8, 4) is 0 Å². The Balaban J connectivity index is 1.76. The summed E-state index contributed by atoms with van der Waals surface area (Å²) in [6.45, 7) is 4.39. The molecule has 0 unspecified atom stereocenters. The summed E-state index contributed by atoms with van der Waals surface area (Å²) in [6, 6.07) is 14.8. The van der Waals surface area contributed by atoms with Crippen molar-refractivity contribution in [3.05, 3.63) is 75.5 Å². The Morgan fingerprint density at radius 3 is 2.61 bits per heavy atom. The first-order valence-corrected chi connectivity index (χ1v) is 13.3. The lowest BCUT2D eigenvalue weighted by molar-refractivity contribution is 0.0986. The number of rotatable bonds is 6. The maximum Gasteiger partial charge on any atom is 0.260 e. The molecule has 0 saturated heterocycles. The summed E-state index contributed by atoms with van der Waals surface area (Å²) >= 11 is 3.00. The van der Waals surface area contributed by atoms with Crippen molar-refractivity contribution in [1.82, 2.24) is 4.98 Å². The second-order valence-electron chi connectivity index (χ2n) is 7.50. The Kier molecular flexibility index (Phi) is 5.96. The quantitative estimate of drug-likeness (QED) is 0.385. The number of anilines is 1. The van der Waals surface area contributed by atoms with Gasteiger partial charge in [0.05, 0.1) is 15.1 Å². The molecule has 0 N–H and O–H groups in total. The minimum absolute atomic E-state index is 0.0971. The average Bonchev–Trinajstić information content (AvgIpc) is 3.38. The summed E-state index contributed by atoms with van der Waals surface area (Å²) in [7, 11) is -3.32.